The highest BCUT2D eigenvalue weighted by atomic mass is 16.5. The second-order valence-electron chi connectivity index (χ2n) is 8.35. The van der Waals surface area contributed by atoms with Gasteiger partial charge in [-0.2, -0.15) is 0 Å². The molecule has 168 valence electrons. The number of aliphatic hydroxyl groups excluding tert-OH is 1. The van der Waals surface area contributed by atoms with Crippen LogP contribution >= 0.6 is 0 Å². The zero-order chi connectivity index (χ0) is 22.1. The van der Waals surface area contributed by atoms with Crippen molar-refractivity contribution in [2.45, 2.75) is 25.0 Å². The van der Waals surface area contributed by atoms with Gasteiger partial charge in [0.25, 0.3) is 5.91 Å². The van der Waals surface area contributed by atoms with E-state index in [4.69, 9.17) is 9.72 Å². The molecule has 1 aliphatic carbocycles. The van der Waals surface area contributed by atoms with E-state index in [9.17, 15) is 14.7 Å². The molecule has 32 heavy (non-hydrogen) atoms. The van der Waals surface area contributed by atoms with E-state index in [0.29, 0.717) is 62.4 Å². The van der Waals surface area contributed by atoms with Crippen LogP contribution in [0, 0.1) is 0 Å². The minimum Gasteiger partial charge on any atom is -0.389 e. The summed E-state index contributed by atoms with van der Waals surface area (Å²) in [6.07, 6.45) is 1.58. The van der Waals surface area contributed by atoms with Gasteiger partial charge in [-0.25, -0.2) is 14.8 Å². The quantitative estimate of drug-likeness (QED) is 0.639. The highest BCUT2D eigenvalue weighted by molar-refractivity contribution is 5.94. The number of β-amino-alcohol motifs (C(OH)–C–C–N with tert-alkyl or cyclic N) is 1. The third kappa shape index (κ3) is 4.66. The Kier molecular flexibility index (Phi) is 5.62. The van der Waals surface area contributed by atoms with Crippen LogP contribution in [0.2, 0.25) is 0 Å². The Morgan fingerprint density at radius 3 is 2.44 bits per heavy atom. The number of anilines is 2. The number of morpholine rings is 1. The molecule has 3 heterocycles. The topological polar surface area (TPSA) is 120 Å². The number of amides is 3. The van der Waals surface area contributed by atoms with Gasteiger partial charge in [0.15, 0.2) is 5.82 Å². The maximum atomic E-state index is 12.9. The molecule has 3 N–H and O–H groups in total. The van der Waals surface area contributed by atoms with Crippen LogP contribution in [0.15, 0.2) is 30.3 Å². The van der Waals surface area contributed by atoms with Crippen LogP contribution in [0.3, 0.4) is 0 Å². The Morgan fingerprint density at radius 1 is 1.06 bits per heavy atom. The van der Waals surface area contributed by atoms with Crippen molar-refractivity contribution >= 4 is 23.4 Å². The van der Waals surface area contributed by atoms with Crippen molar-refractivity contribution in [3.8, 4) is 11.4 Å². The maximum absolute atomic E-state index is 12.9. The van der Waals surface area contributed by atoms with Crippen LogP contribution in [0.5, 0.6) is 0 Å². The first-order chi connectivity index (χ1) is 15.5. The molecule has 2 aromatic rings. The molecule has 10 nitrogen and oxygen atoms in total. The number of hydrogen-bond acceptors (Lipinski definition) is 7. The summed E-state index contributed by atoms with van der Waals surface area (Å²) in [4.78, 5) is 37.7. The number of aliphatic hydroxyl groups is 1. The lowest BCUT2D eigenvalue weighted by atomic mass is 10.1. The van der Waals surface area contributed by atoms with Crippen molar-refractivity contribution in [2.75, 3.05) is 49.6 Å². The SMILES string of the molecule is O=C(Nc1ccc(-c2nc(C(=O)N3CC(O)C3)cc(N3CCOCC3)n2)cc1)NC1CC1. The Hall–Kier alpha value is -3.24. The molecule has 3 aliphatic rings. The van der Waals surface area contributed by atoms with E-state index in [1.165, 1.54) is 0 Å². The van der Waals surface area contributed by atoms with Crippen LogP contribution in [0.4, 0.5) is 16.3 Å². The fourth-order valence-corrected chi connectivity index (χ4v) is 3.69. The van der Waals surface area contributed by atoms with Gasteiger partial charge in [-0.3, -0.25) is 4.79 Å². The predicted octanol–water partition coefficient (Wildman–Crippen LogP) is 1.08. The van der Waals surface area contributed by atoms with Gasteiger partial charge in [0, 0.05) is 49.5 Å². The third-order valence-electron chi connectivity index (χ3n) is 5.73. The van der Waals surface area contributed by atoms with Gasteiger partial charge < -0.3 is 30.3 Å². The van der Waals surface area contributed by atoms with Gasteiger partial charge in [-0.15, -0.1) is 0 Å². The average molecular weight is 438 g/mol. The molecular formula is C22H26N6O4. The van der Waals surface area contributed by atoms with E-state index >= 15 is 0 Å². The van der Waals surface area contributed by atoms with Crippen molar-refractivity contribution in [3.63, 3.8) is 0 Å². The Bertz CT molecular complexity index is 998. The first kappa shape index (κ1) is 20.7. The van der Waals surface area contributed by atoms with Crippen molar-refractivity contribution in [1.29, 1.82) is 0 Å². The van der Waals surface area contributed by atoms with Crippen LogP contribution in [-0.4, -0.2) is 83.5 Å². The zero-order valence-electron chi connectivity index (χ0n) is 17.7. The summed E-state index contributed by atoms with van der Waals surface area (Å²) < 4.78 is 5.44. The number of nitrogens with one attached hydrogen (secondary N) is 2. The van der Waals surface area contributed by atoms with Crippen LogP contribution in [0.1, 0.15) is 23.3 Å². The molecule has 3 amide bonds. The number of nitrogens with zero attached hydrogens (tertiary/aromatic N) is 4. The van der Waals surface area contributed by atoms with Crippen molar-refractivity contribution in [3.05, 3.63) is 36.0 Å². The predicted molar refractivity (Wildman–Crippen MR) is 118 cm³/mol. The van der Waals surface area contributed by atoms with Crippen molar-refractivity contribution in [2.24, 2.45) is 0 Å². The molecule has 0 radical (unpaired) electrons. The molecule has 1 aromatic heterocycles. The van der Waals surface area contributed by atoms with Gasteiger partial charge in [-0.1, -0.05) is 0 Å². The Labute approximate surface area is 185 Å². The van der Waals surface area contributed by atoms with Gasteiger partial charge in [0.1, 0.15) is 11.5 Å². The molecule has 3 fully saturated rings. The van der Waals surface area contributed by atoms with E-state index in [2.05, 4.69) is 20.5 Å². The first-order valence-corrected chi connectivity index (χ1v) is 10.9. The summed E-state index contributed by atoms with van der Waals surface area (Å²) in [5, 5.41) is 15.3. The molecule has 1 saturated carbocycles. The molecule has 2 aliphatic heterocycles. The number of likely N-dealkylation sites (tertiary alicyclic amines) is 1. The van der Waals surface area contributed by atoms with Crippen molar-refractivity contribution in [1.82, 2.24) is 20.2 Å². The van der Waals surface area contributed by atoms with Crippen molar-refractivity contribution < 1.29 is 19.4 Å². The number of rotatable bonds is 5. The normalized spacial score (nSPS) is 18.8. The lowest BCUT2D eigenvalue weighted by Crippen LogP contribution is -2.53. The molecule has 0 unspecified atom stereocenters. The lowest BCUT2D eigenvalue weighted by molar-refractivity contribution is 0.00550. The summed E-state index contributed by atoms with van der Waals surface area (Å²) >= 11 is 0. The summed E-state index contributed by atoms with van der Waals surface area (Å²) in [6, 6.07) is 9.02. The molecule has 0 atom stereocenters. The van der Waals surface area contributed by atoms with Gasteiger partial charge in [0.05, 0.1) is 19.3 Å². The second-order valence-corrected chi connectivity index (χ2v) is 8.35. The highest BCUT2D eigenvalue weighted by Crippen LogP contribution is 2.24. The zero-order valence-corrected chi connectivity index (χ0v) is 17.7. The Balaban J connectivity index is 1.39. The molecular weight excluding hydrogens is 412 g/mol. The molecule has 1 aromatic carbocycles. The monoisotopic (exact) mass is 438 g/mol. The smallest absolute Gasteiger partial charge is 0.319 e. The van der Waals surface area contributed by atoms with E-state index in [1.807, 2.05) is 12.1 Å². The molecule has 0 bridgehead atoms. The van der Waals surface area contributed by atoms with Gasteiger partial charge in [0.2, 0.25) is 0 Å². The van der Waals surface area contributed by atoms with Gasteiger partial charge in [-0.05, 0) is 37.1 Å². The minimum atomic E-state index is -0.476. The molecule has 0 spiro atoms. The fourth-order valence-electron chi connectivity index (χ4n) is 3.69. The second kappa shape index (κ2) is 8.71. The summed E-state index contributed by atoms with van der Waals surface area (Å²) in [6.45, 7) is 3.20. The van der Waals surface area contributed by atoms with E-state index < -0.39 is 6.10 Å². The van der Waals surface area contributed by atoms with Gasteiger partial charge >= 0.3 is 6.03 Å². The third-order valence-corrected chi connectivity index (χ3v) is 5.73. The number of urea groups is 1. The van der Waals surface area contributed by atoms with E-state index in [-0.39, 0.29) is 18.0 Å². The highest BCUT2D eigenvalue weighted by Gasteiger charge is 2.31. The summed E-state index contributed by atoms with van der Waals surface area (Å²) in [5.74, 6) is 0.893. The molecule has 5 rings (SSSR count). The molecule has 10 heteroatoms. The number of hydrogen-bond donors (Lipinski definition) is 3. The number of benzene rings is 1. The summed E-state index contributed by atoms with van der Waals surface area (Å²) in [7, 11) is 0. The Morgan fingerprint density at radius 2 is 1.78 bits per heavy atom. The number of ether oxygens (including phenoxy) is 1. The largest absolute Gasteiger partial charge is 0.389 e. The lowest BCUT2D eigenvalue weighted by Gasteiger charge is -2.35. The number of carbonyl (C=O) groups excluding carboxylic acids is 2. The number of aromatic nitrogens is 2. The summed E-state index contributed by atoms with van der Waals surface area (Å²) in [5.41, 5.74) is 1.71. The average Bonchev–Trinajstić information content (AvgIpc) is 3.61. The minimum absolute atomic E-state index is 0.213. The number of carbonyl (C=O) groups is 2. The fraction of sp³-hybridized carbons (Fsp3) is 0.455. The van der Waals surface area contributed by atoms with Crippen LogP contribution in [0.25, 0.3) is 11.4 Å². The van der Waals surface area contributed by atoms with Crippen LogP contribution in [-0.2, 0) is 4.74 Å². The van der Waals surface area contributed by atoms with E-state index in [0.717, 1.165) is 18.4 Å². The maximum Gasteiger partial charge on any atom is 0.319 e. The van der Waals surface area contributed by atoms with E-state index in [1.54, 1.807) is 23.1 Å². The standard InChI is InChI=1S/C22H26N6O4/c29-17-12-28(13-17)21(30)18-11-19(27-7-9-32-10-8-27)26-20(25-18)14-1-3-15(4-2-14)23-22(31)24-16-5-6-16/h1-4,11,16-17,29H,5-10,12-13H2,(H2,23,24,31). The molecule has 2 saturated heterocycles. The first-order valence-electron chi connectivity index (χ1n) is 10.9. The van der Waals surface area contributed by atoms with Crippen LogP contribution < -0.4 is 15.5 Å².